The minimum absolute atomic E-state index is 0.0805. The number of halogens is 2. The summed E-state index contributed by atoms with van der Waals surface area (Å²) in [5.74, 6) is -0.306. The van der Waals surface area contributed by atoms with E-state index in [9.17, 15) is 4.39 Å². The van der Waals surface area contributed by atoms with Crippen LogP contribution in [-0.4, -0.2) is 10.1 Å². The molecule has 2 aromatic rings. The van der Waals surface area contributed by atoms with Crippen LogP contribution < -0.4 is 0 Å². The molecule has 0 spiro atoms. The van der Waals surface area contributed by atoms with Crippen LogP contribution in [0.25, 0.3) is 11.3 Å². The van der Waals surface area contributed by atoms with Gasteiger partial charge in [0.1, 0.15) is 11.6 Å². The highest BCUT2D eigenvalue weighted by Crippen LogP contribution is 2.27. The molecule has 0 aliphatic heterocycles. The SMILES string of the molecule is Oc1ccc(-c2ccc(F)cc2Cl)nc1. The molecule has 0 unspecified atom stereocenters. The molecule has 0 radical (unpaired) electrons. The zero-order chi connectivity index (χ0) is 10.8. The maximum absolute atomic E-state index is 12.8. The van der Waals surface area contributed by atoms with Crippen molar-refractivity contribution in [1.29, 1.82) is 0 Å². The Morgan fingerprint density at radius 1 is 1.20 bits per heavy atom. The van der Waals surface area contributed by atoms with E-state index in [0.29, 0.717) is 16.3 Å². The average Bonchev–Trinajstić information content (AvgIpc) is 2.20. The Morgan fingerprint density at radius 2 is 2.00 bits per heavy atom. The lowest BCUT2D eigenvalue weighted by Crippen LogP contribution is -1.84. The van der Waals surface area contributed by atoms with Gasteiger partial charge in [-0.15, -0.1) is 0 Å². The summed E-state index contributed by atoms with van der Waals surface area (Å²) in [5.41, 5.74) is 1.23. The van der Waals surface area contributed by atoms with E-state index in [2.05, 4.69) is 4.98 Å². The van der Waals surface area contributed by atoms with Crippen molar-refractivity contribution in [1.82, 2.24) is 4.98 Å². The largest absolute Gasteiger partial charge is 0.506 e. The number of hydrogen-bond donors (Lipinski definition) is 1. The molecule has 0 amide bonds. The summed E-state index contributed by atoms with van der Waals surface area (Å²) in [5, 5.41) is 9.36. The van der Waals surface area contributed by atoms with Gasteiger partial charge >= 0.3 is 0 Å². The Bertz CT molecular complexity index is 484. The van der Waals surface area contributed by atoms with E-state index in [1.54, 1.807) is 12.1 Å². The zero-order valence-electron chi connectivity index (χ0n) is 7.61. The Hall–Kier alpha value is -1.61. The summed E-state index contributed by atoms with van der Waals surface area (Å²) in [6.45, 7) is 0. The second-order valence-electron chi connectivity index (χ2n) is 3.03. The molecule has 4 heteroatoms. The molecule has 1 aromatic carbocycles. The van der Waals surface area contributed by atoms with Crippen molar-refractivity contribution < 1.29 is 9.50 Å². The van der Waals surface area contributed by atoms with Gasteiger partial charge in [0, 0.05) is 5.56 Å². The molecule has 76 valence electrons. The molecule has 0 saturated carbocycles. The van der Waals surface area contributed by atoms with Gasteiger partial charge in [0.05, 0.1) is 16.9 Å². The maximum Gasteiger partial charge on any atom is 0.133 e. The smallest absolute Gasteiger partial charge is 0.133 e. The molecule has 1 aromatic heterocycles. The van der Waals surface area contributed by atoms with Crippen molar-refractivity contribution in [2.45, 2.75) is 0 Å². The van der Waals surface area contributed by atoms with E-state index >= 15 is 0 Å². The lowest BCUT2D eigenvalue weighted by atomic mass is 10.1. The van der Waals surface area contributed by atoms with Crippen molar-refractivity contribution in [3.8, 4) is 17.0 Å². The molecule has 2 rings (SSSR count). The lowest BCUT2D eigenvalue weighted by Gasteiger charge is -2.03. The molecule has 0 bridgehead atoms. The molecular formula is C11H7ClFNO. The van der Waals surface area contributed by atoms with Crippen molar-refractivity contribution in [3.05, 3.63) is 47.4 Å². The predicted molar refractivity (Wildman–Crippen MR) is 56.3 cm³/mol. The first-order valence-electron chi connectivity index (χ1n) is 4.27. The molecule has 0 fully saturated rings. The highest BCUT2D eigenvalue weighted by atomic mass is 35.5. The molecule has 2 nitrogen and oxygen atoms in total. The fourth-order valence-corrected chi connectivity index (χ4v) is 1.51. The number of aromatic nitrogens is 1. The fourth-order valence-electron chi connectivity index (χ4n) is 1.24. The zero-order valence-corrected chi connectivity index (χ0v) is 8.37. The van der Waals surface area contributed by atoms with Crippen molar-refractivity contribution >= 4 is 11.6 Å². The minimum Gasteiger partial charge on any atom is -0.506 e. The van der Waals surface area contributed by atoms with E-state index in [1.807, 2.05) is 0 Å². The van der Waals surface area contributed by atoms with Crippen LogP contribution in [0.5, 0.6) is 5.75 Å². The van der Waals surface area contributed by atoms with E-state index in [1.165, 1.54) is 24.4 Å². The highest BCUT2D eigenvalue weighted by molar-refractivity contribution is 6.33. The van der Waals surface area contributed by atoms with Gasteiger partial charge < -0.3 is 5.11 Å². The van der Waals surface area contributed by atoms with Gasteiger partial charge in [0.25, 0.3) is 0 Å². The van der Waals surface area contributed by atoms with Gasteiger partial charge in [-0.1, -0.05) is 11.6 Å². The number of nitrogens with zero attached hydrogens (tertiary/aromatic N) is 1. The number of aromatic hydroxyl groups is 1. The van der Waals surface area contributed by atoms with E-state index < -0.39 is 0 Å². The fraction of sp³-hybridized carbons (Fsp3) is 0. The average molecular weight is 224 g/mol. The first-order chi connectivity index (χ1) is 7.16. The van der Waals surface area contributed by atoms with Crippen LogP contribution >= 0.6 is 11.6 Å². The molecule has 0 atom stereocenters. The number of rotatable bonds is 1. The summed E-state index contributed by atoms with van der Waals surface area (Å²) in [4.78, 5) is 3.98. The topological polar surface area (TPSA) is 33.1 Å². The summed E-state index contributed by atoms with van der Waals surface area (Å²) in [6, 6.07) is 7.22. The molecule has 0 saturated heterocycles. The van der Waals surface area contributed by atoms with Crippen LogP contribution in [0, 0.1) is 5.82 Å². The van der Waals surface area contributed by atoms with Crippen molar-refractivity contribution in [2.24, 2.45) is 0 Å². The summed E-state index contributed by atoms with van der Waals surface area (Å²) < 4.78 is 12.8. The van der Waals surface area contributed by atoms with Gasteiger partial charge in [0.2, 0.25) is 0 Å². The first kappa shape index (κ1) is 9.93. The van der Waals surface area contributed by atoms with Crippen LogP contribution in [0.2, 0.25) is 5.02 Å². The van der Waals surface area contributed by atoms with Gasteiger partial charge in [-0.3, -0.25) is 4.98 Å². The van der Waals surface area contributed by atoms with Crippen LogP contribution in [-0.2, 0) is 0 Å². The Balaban J connectivity index is 2.49. The van der Waals surface area contributed by atoms with Gasteiger partial charge in [0.15, 0.2) is 0 Å². The quantitative estimate of drug-likeness (QED) is 0.805. The molecule has 1 N–H and O–H groups in total. The van der Waals surface area contributed by atoms with Crippen LogP contribution in [0.1, 0.15) is 0 Å². The van der Waals surface area contributed by atoms with Crippen molar-refractivity contribution in [3.63, 3.8) is 0 Å². The third-order valence-electron chi connectivity index (χ3n) is 1.95. The highest BCUT2D eigenvalue weighted by Gasteiger charge is 2.05. The van der Waals surface area contributed by atoms with E-state index in [0.717, 1.165) is 0 Å². The Kier molecular flexibility index (Phi) is 2.56. The lowest BCUT2D eigenvalue weighted by molar-refractivity contribution is 0.473. The number of pyridine rings is 1. The predicted octanol–water partition coefficient (Wildman–Crippen LogP) is 3.25. The molecule has 0 aliphatic carbocycles. The third kappa shape index (κ3) is 2.07. The summed E-state index contributed by atoms with van der Waals surface area (Å²) in [7, 11) is 0. The minimum atomic E-state index is -0.387. The normalized spacial score (nSPS) is 10.3. The monoisotopic (exact) mass is 223 g/mol. The maximum atomic E-state index is 12.8. The van der Waals surface area contributed by atoms with E-state index in [-0.39, 0.29) is 11.6 Å². The van der Waals surface area contributed by atoms with Crippen molar-refractivity contribution in [2.75, 3.05) is 0 Å². The molecule has 1 heterocycles. The summed E-state index contributed by atoms with van der Waals surface area (Å²) >= 11 is 5.86. The van der Waals surface area contributed by atoms with Gasteiger partial charge in [-0.2, -0.15) is 0 Å². The standard InChI is InChI=1S/C11H7ClFNO/c12-10-5-7(13)1-3-9(10)11-4-2-8(15)6-14-11/h1-6,15H. The van der Waals surface area contributed by atoms with Crippen LogP contribution in [0.3, 0.4) is 0 Å². The molecular weight excluding hydrogens is 217 g/mol. The van der Waals surface area contributed by atoms with Crippen LogP contribution in [0.15, 0.2) is 36.5 Å². The van der Waals surface area contributed by atoms with Gasteiger partial charge in [-0.05, 0) is 30.3 Å². The first-order valence-corrected chi connectivity index (χ1v) is 4.65. The molecule has 15 heavy (non-hydrogen) atoms. The molecule has 0 aliphatic rings. The number of hydrogen-bond acceptors (Lipinski definition) is 2. The van der Waals surface area contributed by atoms with E-state index in [4.69, 9.17) is 16.7 Å². The van der Waals surface area contributed by atoms with Gasteiger partial charge in [-0.25, -0.2) is 4.39 Å². The number of benzene rings is 1. The Labute approximate surface area is 91.0 Å². The Morgan fingerprint density at radius 3 is 2.60 bits per heavy atom. The second kappa shape index (κ2) is 3.87. The third-order valence-corrected chi connectivity index (χ3v) is 2.27. The summed E-state index contributed by atoms with van der Waals surface area (Å²) in [6.07, 6.45) is 1.31. The second-order valence-corrected chi connectivity index (χ2v) is 3.43. The van der Waals surface area contributed by atoms with Crippen LogP contribution in [0.4, 0.5) is 4.39 Å².